The van der Waals surface area contributed by atoms with E-state index in [1.807, 2.05) is 26.0 Å². The standard InChI is InChI=1S/C15H17N3O3/c1-9-7-11-12(8-10(9)2)17-14(19)13(16-11)15(20)18-3-5-21-6-4-18/h7-8H,3-6H2,1-2H3,(H,17,19). The Kier molecular flexibility index (Phi) is 3.47. The maximum absolute atomic E-state index is 12.4. The van der Waals surface area contributed by atoms with Gasteiger partial charge in [0.25, 0.3) is 11.5 Å². The van der Waals surface area contributed by atoms with Crippen LogP contribution in [-0.2, 0) is 4.74 Å². The van der Waals surface area contributed by atoms with Crippen molar-refractivity contribution in [1.29, 1.82) is 0 Å². The second-order valence-electron chi connectivity index (χ2n) is 5.27. The minimum atomic E-state index is -0.442. The molecule has 6 heteroatoms. The number of aryl methyl sites for hydroxylation is 2. The third-order valence-corrected chi connectivity index (χ3v) is 3.81. The Bertz CT molecular complexity index is 761. The number of aromatic nitrogens is 2. The van der Waals surface area contributed by atoms with E-state index >= 15 is 0 Å². The number of amides is 1. The van der Waals surface area contributed by atoms with E-state index in [1.165, 1.54) is 0 Å². The Hall–Kier alpha value is -2.21. The number of morpholine rings is 1. The first kappa shape index (κ1) is 13.8. The summed E-state index contributed by atoms with van der Waals surface area (Å²) in [5.41, 5.74) is 2.95. The summed E-state index contributed by atoms with van der Waals surface area (Å²) in [6.07, 6.45) is 0. The summed E-state index contributed by atoms with van der Waals surface area (Å²) in [4.78, 5) is 33.2. The van der Waals surface area contributed by atoms with Crippen molar-refractivity contribution in [2.45, 2.75) is 13.8 Å². The Morgan fingerprint density at radius 2 is 1.90 bits per heavy atom. The topological polar surface area (TPSA) is 75.3 Å². The first-order valence-corrected chi connectivity index (χ1v) is 6.94. The molecule has 2 aromatic rings. The van der Waals surface area contributed by atoms with Gasteiger partial charge in [-0.25, -0.2) is 4.98 Å². The highest BCUT2D eigenvalue weighted by Crippen LogP contribution is 2.15. The average molecular weight is 287 g/mol. The van der Waals surface area contributed by atoms with Crippen molar-refractivity contribution in [1.82, 2.24) is 14.9 Å². The average Bonchev–Trinajstić information content (AvgIpc) is 2.49. The van der Waals surface area contributed by atoms with Gasteiger partial charge in [-0.05, 0) is 37.1 Å². The summed E-state index contributed by atoms with van der Waals surface area (Å²) >= 11 is 0. The van der Waals surface area contributed by atoms with E-state index in [2.05, 4.69) is 9.97 Å². The van der Waals surface area contributed by atoms with E-state index in [1.54, 1.807) is 4.90 Å². The van der Waals surface area contributed by atoms with Gasteiger partial charge >= 0.3 is 0 Å². The molecule has 1 N–H and O–H groups in total. The first-order valence-electron chi connectivity index (χ1n) is 6.94. The molecule has 0 unspecified atom stereocenters. The summed E-state index contributed by atoms with van der Waals surface area (Å²) in [6.45, 7) is 5.92. The number of carbonyl (C=O) groups is 1. The van der Waals surface area contributed by atoms with Crippen LogP contribution in [0.1, 0.15) is 21.6 Å². The largest absolute Gasteiger partial charge is 0.378 e. The van der Waals surface area contributed by atoms with E-state index < -0.39 is 5.56 Å². The van der Waals surface area contributed by atoms with Crippen LogP contribution in [-0.4, -0.2) is 47.1 Å². The minimum absolute atomic E-state index is 0.0485. The predicted molar refractivity (Wildman–Crippen MR) is 78.6 cm³/mol. The van der Waals surface area contributed by atoms with Crippen molar-refractivity contribution in [3.8, 4) is 0 Å². The SMILES string of the molecule is Cc1cc2nc(C(=O)N3CCOCC3)c(=O)[nH]c2cc1C. The second-order valence-corrected chi connectivity index (χ2v) is 5.27. The fraction of sp³-hybridized carbons (Fsp3) is 0.400. The van der Waals surface area contributed by atoms with Crippen LogP contribution < -0.4 is 5.56 Å². The molecule has 2 heterocycles. The number of hydrogen-bond acceptors (Lipinski definition) is 4. The zero-order valence-electron chi connectivity index (χ0n) is 12.1. The lowest BCUT2D eigenvalue weighted by Crippen LogP contribution is -2.43. The van der Waals surface area contributed by atoms with E-state index in [0.29, 0.717) is 37.3 Å². The number of fused-ring (bicyclic) bond motifs is 1. The molecule has 1 aromatic heterocycles. The van der Waals surface area contributed by atoms with Gasteiger partial charge in [-0.15, -0.1) is 0 Å². The van der Waals surface area contributed by atoms with Crippen LogP contribution in [0.5, 0.6) is 0 Å². The molecule has 0 saturated carbocycles. The molecule has 0 atom stereocenters. The molecule has 1 aliphatic rings. The lowest BCUT2D eigenvalue weighted by Gasteiger charge is -2.26. The van der Waals surface area contributed by atoms with Gasteiger partial charge in [0, 0.05) is 13.1 Å². The van der Waals surface area contributed by atoms with Gasteiger partial charge in [-0.2, -0.15) is 0 Å². The third kappa shape index (κ3) is 2.54. The van der Waals surface area contributed by atoms with Crippen molar-refractivity contribution in [3.05, 3.63) is 39.3 Å². The number of carbonyl (C=O) groups excluding carboxylic acids is 1. The number of ether oxygens (including phenoxy) is 1. The molecule has 0 bridgehead atoms. The summed E-state index contributed by atoms with van der Waals surface area (Å²) in [7, 11) is 0. The third-order valence-electron chi connectivity index (χ3n) is 3.81. The maximum atomic E-state index is 12.4. The van der Waals surface area contributed by atoms with Crippen molar-refractivity contribution >= 4 is 16.9 Å². The molecule has 0 aliphatic carbocycles. The molecule has 1 fully saturated rings. The van der Waals surface area contributed by atoms with Crippen LogP contribution >= 0.6 is 0 Å². The monoisotopic (exact) mass is 287 g/mol. The fourth-order valence-electron chi connectivity index (χ4n) is 2.41. The van der Waals surface area contributed by atoms with E-state index in [4.69, 9.17) is 4.74 Å². The molecular weight excluding hydrogens is 270 g/mol. The zero-order valence-corrected chi connectivity index (χ0v) is 12.1. The molecule has 1 aliphatic heterocycles. The molecule has 1 saturated heterocycles. The van der Waals surface area contributed by atoms with Gasteiger partial charge in [0.1, 0.15) is 0 Å². The van der Waals surface area contributed by atoms with Crippen LogP contribution in [0.3, 0.4) is 0 Å². The molecular formula is C15H17N3O3. The van der Waals surface area contributed by atoms with Crippen molar-refractivity contribution in [2.24, 2.45) is 0 Å². The van der Waals surface area contributed by atoms with Gasteiger partial charge in [-0.1, -0.05) is 0 Å². The van der Waals surface area contributed by atoms with Crippen LogP contribution in [0.15, 0.2) is 16.9 Å². The number of benzene rings is 1. The summed E-state index contributed by atoms with van der Waals surface area (Å²) in [5.74, 6) is -0.334. The molecule has 1 amide bonds. The smallest absolute Gasteiger partial charge is 0.280 e. The Labute approximate surface area is 121 Å². The second kappa shape index (κ2) is 5.29. The fourth-order valence-corrected chi connectivity index (χ4v) is 2.41. The summed E-state index contributed by atoms with van der Waals surface area (Å²) in [5, 5.41) is 0. The highest BCUT2D eigenvalue weighted by molar-refractivity contribution is 5.93. The Morgan fingerprint density at radius 1 is 1.24 bits per heavy atom. The molecule has 0 spiro atoms. The van der Waals surface area contributed by atoms with Crippen molar-refractivity contribution in [3.63, 3.8) is 0 Å². The maximum Gasteiger partial charge on any atom is 0.280 e. The number of H-pyrrole nitrogens is 1. The number of aromatic amines is 1. The predicted octanol–water partition coefficient (Wildman–Crippen LogP) is 1.01. The summed E-state index contributed by atoms with van der Waals surface area (Å²) in [6, 6.07) is 3.76. The zero-order chi connectivity index (χ0) is 15.0. The minimum Gasteiger partial charge on any atom is -0.378 e. The van der Waals surface area contributed by atoms with Gasteiger partial charge in [0.05, 0.1) is 24.2 Å². The highest BCUT2D eigenvalue weighted by atomic mass is 16.5. The molecule has 3 rings (SSSR count). The van der Waals surface area contributed by atoms with Crippen LogP contribution in [0, 0.1) is 13.8 Å². The van der Waals surface area contributed by atoms with E-state index in [9.17, 15) is 9.59 Å². The molecule has 6 nitrogen and oxygen atoms in total. The first-order chi connectivity index (χ1) is 10.1. The van der Waals surface area contributed by atoms with Gasteiger partial charge in [0.15, 0.2) is 5.69 Å². The Balaban J connectivity index is 2.06. The van der Waals surface area contributed by atoms with Crippen LogP contribution in [0.2, 0.25) is 0 Å². The number of nitrogens with one attached hydrogen (secondary N) is 1. The lowest BCUT2D eigenvalue weighted by atomic mass is 10.1. The van der Waals surface area contributed by atoms with Crippen LogP contribution in [0.25, 0.3) is 11.0 Å². The Morgan fingerprint density at radius 3 is 2.62 bits per heavy atom. The van der Waals surface area contributed by atoms with Crippen LogP contribution in [0.4, 0.5) is 0 Å². The van der Waals surface area contributed by atoms with E-state index in [0.717, 1.165) is 11.1 Å². The molecule has 110 valence electrons. The molecule has 1 aromatic carbocycles. The molecule has 21 heavy (non-hydrogen) atoms. The summed E-state index contributed by atoms with van der Waals surface area (Å²) < 4.78 is 5.21. The van der Waals surface area contributed by atoms with Gasteiger partial charge in [-0.3, -0.25) is 9.59 Å². The number of rotatable bonds is 1. The lowest BCUT2D eigenvalue weighted by molar-refractivity contribution is 0.0298. The van der Waals surface area contributed by atoms with Gasteiger partial charge in [0.2, 0.25) is 0 Å². The van der Waals surface area contributed by atoms with Crippen molar-refractivity contribution < 1.29 is 9.53 Å². The highest BCUT2D eigenvalue weighted by Gasteiger charge is 2.22. The number of nitrogens with zero attached hydrogens (tertiary/aromatic N) is 2. The number of hydrogen-bond donors (Lipinski definition) is 1. The quantitative estimate of drug-likeness (QED) is 0.849. The molecule has 0 radical (unpaired) electrons. The normalized spacial score (nSPS) is 15.4. The van der Waals surface area contributed by atoms with Gasteiger partial charge < -0.3 is 14.6 Å². The van der Waals surface area contributed by atoms with Crippen molar-refractivity contribution in [2.75, 3.05) is 26.3 Å². The van der Waals surface area contributed by atoms with E-state index in [-0.39, 0.29) is 11.6 Å².